The standard InChI is InChI=1S/C23H19N3OS/c27-22(24-20-9-5-2-6-10-20)26-23-25-21(16-28-23)19-13-11-18(12-14-19)15-17-7-3-1-4-8-17/h1-14,16H,15H2,(H2,24,25,26,27). The molecule has 2 N–H and O–H groups in total. The summed E-state index contributed by atoms with van der Waals surface area (Å²) >= 11 is 1.41. The molecule has 4 rings (SSSR count). The normalized spacial score (nSPS) is 10.4. The molecule has 28 heavy (non-hydrogen) atoms. The van der Waals surface area contributed by atoms with E-state index in [1.807, 2.05) is 41.8 Å². The summed E-state index contributed by atoms with van der Waals surface area (Å²) in [4.78, 5) is 16.6. The number of aromatic nitrogens is 1. The number of urea groups is 1. The van der Waals surface area contributed by atoms with Gasteiger partial charge in [0.1, 0.15) is 0 Å². The second-order valence-corrected chi connectivity index (χ2v) is 7.20. The van der Waals surface area contributed by atoms with E-state index in [2.05, 4.69) is 64.1 Å². The van der Waals surface area contributed by atoms with Gasteiger partial charge < -0.3 is 5.32 Å². The maximum Gasteiger partial charge on any atom is 0.325 e. The molecule has 0 aliphatic heterocycles. The quantitative estimate of drug-likeness (QED) is 0.440. The number of rotatable bonds is 5. The Hall–Kier alpha value is -3.44. The van der Waals surface area contributed by atoms with Crippen molar-refractivity contribution in [2.24, 2.45) is 0 Å². The summed E-state index contributed by atoms with van der Waals surface area (Å²) < 4.78 is 0. The largest absolute Gasteiger partial charge is 0.325 e. The topological polar surface area (TPSA) is 54.0 Å². The van der Waals surface area contributed by atoms with Crippen LogP contribution in [0, 0.1) is 0 Å². The molecule has 0 fully saturated rings. The van der Waals surface area contributed by atoms with Gasteiger partial charge in [0.2, 0.25) is 0 Å². The first-order chi connectivity index (χ1) is 13.8. The minimum Gasteiger partial charge on any atom is -0.308 e. The summed E-state index contributed by atoms with van der Waals surface area (Å²) in [5.74, 6) is 0. The molecule has 2 amide bonds. The Morgan fingerprint density at radius 2 is 1.43 bits per heavy atom. The smallest absolute Gasteiger partial charge is 0.308 e. The molecule has 4 aromatic rings. The third kappa shape index (κ3) is 4.64. The number of para-hydroxylation sites is 1. The molecular formula is C23H19N3OS. The Kier molecular flexibility index (Phi) is 5.45. The molecule has 0 saturated carbocycles. The summed E-state index contributed by atoms with van der Waals surface area (Å²) in [5.41, 5.74) is 5.17. The average molecular weight is 385 g/mol. The molecule has 0 bridgehead atoms. The summed E-state index contributed by atoms with van der Waals surface area (Å²) in [7, 11) is 0. The molecule has 1 aromatic heterocycles. The second-order valence-electron chi connectivity index (χ2n) is 6.34. The fraction of sp³-hybridized carbons (Fsp3) is 0.0435. The number of thiazole rings is 1. The summed E-state index contributed by atoms with van der Waals surface area (Å²) in [6.45, 7) is 0. The Morgan fingerprint density at radius 3 is 2.14 bits per heavy atom. The van der Waals surface area contributed by atoms with E-state index < -0.39 is 0 Å². The SMILES string of the molecule is O=C(Nc1ccccc1)Nc1nc(-c2ccc(Cc3ccccc3)cc2)cs1. The van der Waals surface area contributed by atoms with Gasteiger partial charge in [-0.3, -0.25) is 5.32 Å². The predicted octanol–water partition coefficient (Wildman–Crippen LogP) is 6.04. The van der Waals surface area contributed by atoms with E-state index in [0.29, 0.717) is 5.13 Å². The highest BCUT2D eigenvalue weighted by Crippen LogP contribution is 2.25. The highest BCUT2D eigenvalue weighted by atomic mass is 32.1. The van der Waals surface area contributed by atoms with Crippen molar-refractivity contribution < 1.29 is 4.79 Å². The van der Waals surface area contributed by atoms with Crippen molar-refractivity contribution in [3.05, 3.63) is 101 Å². The van der Waals surface area contributed by atoms with Gasteiger partial charge in [0.15, 0.2) is 5.13 Å². The van der Waals surface area contributed by atoms with E-state index in [9.17, 15) is 4.79 Å². The second kappa shape index (κ2) is 8.50. The highest BCUT2D eigenvalue weighted by molar-refractivity contribution is 7.14. The summed E-state index contributed by atoms with van der Waals surface area (Å²) in [6, 6.07) is 27.8. The molecule has 1 heterocycles. The predicted molar refractivity (Wildman–Crippen MR) is 116 cm³/mol. The maximum absolute atomic E-state index is 12.1. The molecule has 0 spiro atoms. The lowest BCUT2D eigenvalue weighted by Gasteiger charge is -2.05. The van der Waals surface area contributed by atoms with Gasteiger partial charge in [0, 0.05) is 16.6 Å². The third-order valence-electron chi connectivity index (χ3n) is 4.26. The van der Waals surface area contributed by atoms with Gasteiger partial charge in [-0.1, -0.05) is 72.8 Å². The minimum atomic E-state index is -0.301. The molecule has 138 valence electrons. The van der Waals surface area contributed by atoms with Crippen LogP contribution in [0.2, 0.25) is 0 Å². The van der Waals surface area contributed by atoms with Crippen molar-refractivity contribution >= 4 is 28.2 Å². The fourth-order valence-electron chi connectivity index (χ4n) is 2.87. The molecule has 0 unspecified atom stereocenters. The van der Waals surface area contributed by atoms with Crippen LogP contribution >= 0.6 is 11.3 Å². The van der Waals surface area contributed by atoms with Gasteiger partial charge in [-0.15, -0.1) is 11.3 Å². The number of hydrogen-bond donors (Lipinski definition) is 2. The Balaban J connectivity index is 1.39. The molecular weight excluding hydrogens is 366 g/mol. The number of carbonyl (C=O) groups is 1. The van der Waals surface area contributed by atoms with Crippen molar-refractivity contribution in [3.63, 3.8) is 0 Å². The minimum absolute atomic E-state index is 0.301. The van der Waals surface area contributed by atoms with Gasteiger partial charge in [-0.2, -0.15) is 0 Å². The molecule has 0 saturated heterocycles. The lowest BCUT2D eigenvalue weighted by Crippen LogP contribution is -2.19. The molecule has 0 aliphatic carbocycles. The van der Waals surface area contributed by atoms with Crippen molar-refractivity contribution in [1.29, 1.82) is 0 Å². The van der Waals surface area contributed by atoms with Crippen LogP contribution < -0.4 is 10.6 Å². The number of carbonyl (C=O) groups excluding carboxylic acids is 1. The van der Waals surface area contributed by atoms with Gasteiger partial charge in [0.05, 0.1) is 5.69 Å². The summed E-state index contributed by atoms with van der Waals surface area (Å²) in [6.07, 6.45) is 0.907. The Bertz CT molecular complexity index is 1040. The number of hydrogen-bond acceptors (Lipinski definition) is 3. The van der Waals surface area contributed by atoms with Crippen LogP contribution in [0.1, 0.15) is 11.1 Å². The van der Waals surface area contributed by atoms with Crippen LogP contribution in [0.25, 0.3) is 11.3 Å². The number of amides is 2. The zero-order chi connectivity index (χ0) is 19.2. The number of anilines is 2. The lowest BCUT2D eigenvalue weighted by atomic mass is 10.0. The molecule has 0 atom stereocenters. The van der Waals surface area contributed by atoms with Gasteiger partial charge in [-0.05, 0) is 29.7 Å². The zero-order valence-electron chi connectivity index (χ0n) is 15.1. The van der Waals surface area contributed by atoms with E-state index in [1.165, 1.54) is 22.5 Å². The van der Waals surface area contributed by atoms with Crippen LogP contribution in [0.4, 0.5) is 15.6 Å². The maximum atomic E-state index is 12.1. The van der Waals surface area contributed by atoms with Crippen molar-refractivity contribution in [3.8, 4) is 11.3 Å². The van der Waals surface area contributed by atoms with E-state index >= 15 is 0 Å². The fourth-order valence-corrected chi connectivity index (χ4v) is 3.58. The highest BCUT2D eigenvalue weighted by Gasteiger charge is 2.08. The number of benzene rings is 3. The van der Waals surface area contributed by atoms with Crippen molar-refractivity contribution in [1.82, 2.24) is 4.98 Å². The summed E-state index contributed by atoms with van der Waals surface area (Å²) in [5, 5.41) is 8.08. The van der Waals surface area contributed by atoms with Gasteiger partial charge in [-0.25, -0.2) is 9.78 Å². The van der Waals surface area contributed by atoms with Crippen LogP contribution in [0.15, 0.2) is 90.3 Å². The molecule has 0 radical (unpaired) electrons. The Labute approximate surface area is 167 Å². The Morgan fingerprint density at radius 1 is 0.786 bits per heavy atom. The number of nitrogens with one attached hydrogen (secondary N) is 2. The molecule has 3 aromatic carbocycles. The van der Waals surface area contributed by atoms with Gasteiger partial charge >= 0.3 is 6.03 Å². The first kappa shape index (κ1) is 17.9. The first-order valence-electron chi connectivity index (χ1n) is 8.98. The van der Waals surface area contributed by atoms with E-state index in [0.717, 1.165) is 23.4 Å². The average Bonchev–Trinajstić information content (AvgIpc) is 3.18. The van der Waals surface area contributed by atoms with E-state index in [1.54, 1.807) is 0 Å². The van der Waals surface area contributed by atoms with E-state index in [4.69, 9.17) is 0 Å². The van der Waals surface area contributed by atoms with Gasteiger partial charge in [0.25, 0.3) is 0 Å². The van der Waals surface area contributed by atoms with Crippen LogP contribution in [0.3, 0.4) is 0 Å². The van der Waals surface area contributed by atoms with Crippen LogP contribution in [-0.2, 0) is 6.42 Å². The first-order valence-corrected chi connectivity index (χ1v) is 9.86. The van der Waals surface area contributed by atoms with E-state index in [-0.39, 0.29) is 6.03 Å². The zero-order valence-corrected chi connectivity index (χ0v) is 15.9. The molecule has 5 heteroatoms. The molecule has 4 nitrogen and oxygen atoms in total. The third-order valence-corrected chi connectivity index (χ3v) is 5.01. The monoisotopic (exact) mass is 385 g/mol. The lowest BCUT2D eigenvalue weighted by molar-refractivity contribution is 0.262. The van der Waals surface area contributed by atoms with Crippen LogP contribution in [-0.4, -0.2) is 11.0 Å². The van der Waals surface area contributed by atoms with Crippen LogP contribution in [0.5, 0.6) is 0 Å². The molecule has 0 aliphatic rings. The van der Waals surface area contributed by atoms with Crippen molar-refractivity contribution in [2.45, 2.75) is 6.42 Å². The number of nitrogens with zero attached hydrogens (tertiary/aromatic N) is 1. The van der Waals surface area contributed by atoms with Crippen molar-refractivity contribution in [2.75, 3.05) is 10.6 Å².